The monoisotopic (exact) mass is 295 g/mol. The number of methoxy groups -OCH3 is 1. The van der Waals surface area contributed by atoms with E-state index in [-0.39, 0.29) is 30.6 Å². The smallest absolute Gasteiger partial charge is 0.325 e. The van der Waals surface area contributed by atoms with Crippen LogP contribution in [0, 0.1) is 12.7 Å². The van der Waals surface area contributed by atoms with Gasteiger partial charge in [-0.05, 0) is 25.0 Å². The maximum Gasteiger partial charge on any atom is 0.325 e. The molecule has 1 amide bonds. The zero-order valence-electron chi connectivity index (χ0n) is 11.8. The maximum absolute atomic E-state index is 14.4. The summed E-state index contributed by atoms with van der Waals surface area (Å²) in [5, 5.41) is 0. The number of rotatable bonds is 2. The van der Waals surface area contributed by atoms with Crippen LogP contribution < -0.4 is 0 Å². The van der Waals surface area contributed by atoms with Crippen LogP contribution in [0.4, 0.5) is 8.78 Å². The number of amides is 1. The molecule has 0 bridgehead atoms. The zero-order chi connectivity index (χ0) is 15.4. The minimum Gasteiger partial charge on any atom is -0.468 e. The number of esters is 1. The van der Waals surface area contributed by atoms with Crippen molar-refractivity contribution in [3.63, 3.8) is 0 Å². The quantitative estimate of drug-likeness (QED) is 0.781. The van der Waals surface area contributed by atoms with Gasteiger partial charge >= 0.3 is 5.97 Å². The molecular weight excluding hydrogens is 280 g/mol. The Bertz CT molecular complexity index is 646. The second kappa shape index (κ2) is 4.51. The van der Waals surface area contributed by atoms with Crippen molar-refractivity contribution in [1.29, 1.82) is 0 Å². The van der Waals surface area contributed by atoms with Gasteiger partial charge < -0.3 is 9.64 Å². The van der Waals surface area contributed by atoms with Crippen LogP contribution in [0.1, 0.15) is 27.9 Å². The average Bonchev–Trinajstić information content (AvgIpc) is 3.09. The number of hydrogen-bond donors (Lipinski definition) is 0. The molecule has 6 heteroatoms. The SMILES string of the molecule is COC(=O)CN1C[C@@]2(CC2F)c2c(ccc(C)c2F)C1=O. The van der Waals surface area contributed by atoms with Crippen LogP contribution in [0.3, 0.4) is 0 Å². The highest BCUT2D eigenvalue weighted by atomic mass is 19.1. The topological polar surface area (TPSA) is 46.6 Å². The van der Waals surface area contributed by atoms with Crippen molar-refractivity contribution in [2.75, 3.05) is 20.2 Å². The number of hydrogen-bond acceptors (Lipinski definition) is 3. The molecular formula is C15H15F2NO3. The van der Waals surface area contributed by atoms with Gasteiger partial charge in [-0.1, -0.05) is 6.07 Å². The summed E-state index contributed by atoms with van der Waals surface area (Å²) in [7, 11) is 1.22. The van der Waals surface area contributed by atoms with Crippen molar-refractivity contribution in [1.82, 2.24) is 4.90 Å². The molecule has 1 heterocycles. The molecule has 0 radical (unpaired) electrons. The van der Waals surface area contributed by atoms with Crippen molar-refractivity contribution >= 4 is 11.9 Å². The first-order valence-corrected chi connectivity index (χ1v) is 6.70. The number of alkyl halides is 1. The van der Waals surface area contributed by atoms with Crippen LogP contribution in [0.15, 0.2) is 12.1 Å². The van der Waals surface area contributed by atoms with Gasteiger partial charge in [-0.25, -0.2) is 8.78 Å². The van der Waals surface area contributed by atoms with E-state index in [1.807, 2.05) is 0 Å². The number of carbonyl (C=O) groups is 2. The summed E-state index contributed by atoms with van der Waals surface area (Å²) in [4.78, 5) is 25.0. The molecule has 112 valence electrons. The lowest BCUT2D eigenvalue weighted by molar-refractivity contribution is -0.141. The first kappa shape index (κ1) is 14.0. The van der Waals surface area contributed by atoms with Gasteiger partial charge in [-0.3, -0.25) is 9.59 Å². The summed E-state index contributed by atoms with van der Waals surface area (Å²) in [5.41, 5.74) is -0.302. The molecule has 1 aromatic carbocycles. The third-order valence-electron chi connectivity index (χ3n) is 4.35. The lowest BCUT2D eigenvalue weighted by Crippen LogP contribution is -2.47. The van der Waals surface area contributed by atoms with Crippen LogP contribution in [0.5, 0.6) is 0 Å². The first-order valence-electron chi connectivity index (χ1n) is 6.70. The highest BCUT2D eigenvalue weighted by Gasteiger charge is 2.62. The van der Waals surface area contributed by atoms with E-state index in [4.69, 9.17) is 0 Å². The molecule has 0 N–H and O–H groups in total. The molecule has 0 aromatic heterocycles. The van der Waals surface area contributed by atoms with E-state index in [1.54, 1.807) is 6.92 Å². The molecule has 1 unspecified atom stereocenters. The van der Waals surface area contributed by atoms with Gasteiger partial charge in [-0.15, -0.1) is 0 Å². The van der Waals surface area contributed by atoms with Gasteiger partial charge in [0.1, 0.15) is 18.5 Å². The lowest BCUT2D eigenvalue weighted by atomic mass is 9.84. The number of fused-ring (bicyclic) bond motifs is 2. The number of nitrogens with zero attached hydrogens (tertiary/aromatic N) is 1. The zero-order valence-corrected chi connectivity index (χ0v) is 11.8. The fourth-order valence-electron chi connectivity index (χ4n) is 3.04. The standard InChI is InChI=1S/C15H15F2NO3/c1-8-3-4-9-12(13(8)17)15(5-10(15)16)7-18(14(9)20)6-11(19)21-2/h3-4,10H,5-7H2,1-2H3/t10?,15-/m1/s1. The highest BCUT2D eigenvalue weighted by molar-refractivity contribution is 5.99. The summed E-state index contributed by atoms with van der Waals surface area (Å²) >= 11 is 0. The van der Waals surface area contributed by atoms with Crippen molar-refractivity contribution in [3.05, 3.63) is 34.6 Å². The minimum absolute atomic E-state index is 0.00940. The largest absolute Gasteiger partial charge is 0.468 e. The predicted molar refractivity (Wildman–Crippen MR) is 70.2 cm³/mol. The maximum atomic E-state index is 14.4. The Hall–Kier alpha value is -1.98. The van der Waals surface area contributed by atoms with E-state index >= 15 is 0 Å². The Morgan fingerprint density at radius 1 is 1.52 bits per heavy atom. The number of ether oxygens (including phenoxy) is 1. The molecule has 1 saturated carbocycles. The fourth-order valence-corrected chi connectivity index (χ4v) is 3.04. The summed E-state index contributed by atoms with van der Waals surface area (Å²) in [6.07, 6.45) is -1.02. The summed E-state index contributed by atoms with van der Waals surface area (Å²) in [6, 6.07) is 3.00. The van der Waals surface area contributed by atoms with Crippen LogP contribution in [-0.4, -0.2) is 43.1 Å². The number of benzene rings is 1. The fraction of sp³-hybridized carbons (Fsp3) is 0.467. The highest BCUT2D eigenvalue weighted by Crippen LogP contribution is 2.55. The molecule has 1 aliphatic carbocycles. The Kier molecular flexibility index (Phi) is 3.00. The molecule has 0 saturated heterocycles. The van der Waals surface area contributed by atoms with Crippen molar-refractivity contribution in [3.8, 4) is 0 Å². The van der Waals surface area contributed by atoms with Gasteiger partial charge in [0.15, 0.2) is 0 Å². The predicted octanol–water partition coefficient (Wildman–Crippen LogP) is 1.74. The number of carbonyl (C=O) groups excluding carboxylic acids is 2. The summed E-state index contributed by atoms with van der Waals surface area (Å²) in [5.74, 6) is -1.55. The Labute approximate surface area is 120 Å². The van der Waals surface area contributed by atoms with Crippen LogP contribution in [0.25, 0.3) is 0 Å². The number of halogens is 2. The van der Waals surface area contributed by atoms with E-state index in [0.29, 0.717) is 5.56 Å². The molecule has 1 fully saturated rings. The first-order chi connectivity index (χ1) is 9.90. The van der Waals surface area contributed by atoms with E-state index in [0.717, 1.165) is 0 Å². The molecule has 1 spiro atoms. The van der Waals surface area contributed by atoms with E-state index in [9.17, 15) is 18.4 Å². The number of aryl methyl sites for hydroxylation is 1. The second-order valence-electron chi connectivity index (χ2n) is 5.68. The molecule has 1 aromatic rings. The average molecular weight is 295 g/mol. The van der Waals surface area contributed by atoms with Crippen LogP contribution in [0.2, 0.25) is 0 Å². The minimum atomic E-state index is -1.19. The van der Waals surface area contributed by atoms with Crippen molar-refractivity contribution in [2.45, 2.75) is 24.9 Å². The Morgan fingerprint density at radius 3 is 2.76 bits per heavy atom. The molecule has 2 atom stereocenters. The van der Waals surface area contributed by atoms with Crippen molar-refractivity contribution < 1.29 is 23.1 Å². The second-order valence-corrected chi connectivity index (χ2v) is 5.68. The third kappa shape index (κ3) is 1.92. The molecule has 2 aliphatic rings. The van der Waals surface area contributed by atoms with E-state index < -0.39 is 29.3 Å². The molecule has 1 aliphatic heterocycles. The third-order valence-corrected chi connectivity index (χ3v) is 4.35. The molecule has 21 heavy (non-hydrogen) atoms. The van der Waals surface area contributed by atoms with Gasteiger partial charge in [-0.2, -0.15) is 0 Å². The Morgan fingerprint density at radius 2 is 2.19 bits per heavy atom. The summed E-state index contributed by atoms with van der Waals surface area (Å²) < 4.78 is 32.9. The van der Waals surface area contributed by atoms with E-state index in [2.05, 4.69) is 4.74 Å². The van der Waals surface area contributed by atoms with Gasteiger partial charge in [0.2, 0.25) is 0 Å². The van der Waals surface area contributed by atoms with Gasteiger partial charge in [0.05, 0.1) is 12.5 Å². The van der Waals surface area contributed by atoms with Crippen LogP contribution >= 0.6 is 0 Å². The lowest BCUT2D eigenvalue weighted by Gasteiger charge is -2.34. The summed E-state index contributed by atoms with van der Waals surface area (Å²) in [6.45, 7) is 1.35. The normalized spacial score (nSPS) is 26.8. The molecule has 4 nitrogen and oxygen atoms in total. The van der Waals surface area contributed by atoms with Gasteiger partial charge in [0, 0.05) is 17.7 Å². The molecule has 3 rings (SSSR count). The van der Waals surface area contributed by atoms with E-state index in [1.165, 1.54) is 24.1 Å². The van der Waals surface area contributed by atoms with Crippen LogP contribution in [-0.2, 0) is 14.9 Å². The van der Waals surface area contributed by atoms with Crippen molar-refractivity contribution in [2.24, 2.45) is 0 Å². The Balaban J connectivity index is 2.07. The van der Waals surface area contributed by atoms with Gasteiger partial charge in [0.25, 0.3) is 5.91 Å².